The van der Waals surface area contributed by atoms with E-state index in [0.29, 0.717) is 12.0 Å². The standard InChI is InChI=1S/C20H15F13N.HI/c21-15(22,16(23,24)17(25,26)18(27,28)19(29,30)20(31,32)33)8-11-34-9-6-14(7-10-34)12-13-4-2-1-3-5-13;/h1-7,9-10H,8,11-12H2;1H/q+1;/p-1. The molecule has 1 heterocycles. The van der Waals surface area contributed by atoms with Crippen LogP contribution in [0.4, 0.5) is 57.1 Å². The maximum Gasteiger partial charge on any atom is 0.460 e. The number of benzene rings is 1. The molecular formula is C20H15F13IN. The number of halogens is 14. The maximum atomic E-state index is 13.9. The number of nitrogens with zero attached hydrogens (tertiary/aromatic N) is 1. The zero-order chi connectivity index (χ0) is 26.2. The zero-order valence-electron chi connectivity index (χ0n) is 17.1. The van der Waals surface area contributed by atoms with Crippen molar-refractivity contribution in [3.05, 3.63) is 66.0 Å². The molecule has 0 unspecified atom stereocenters. The van der Waals surface area contributed by atoms with Crippen LogP contribution < -0.4 is 28.5 Å². The SMILES string of the molecule is FC(F)(F)C(F)(F)C(F)(F)C(F)(F)C(F)(F)C(F)(F)CC[n+]1ccc(Cc2ccccc2)cc1.[I-]. The highest BCUT2D eigenvalue weighted by molar-refractivity contribution is 5.23. The van der Waals surface area contributed by atoms with Crippen molar-refractivity contribution in [3.63, 3.8) is 0 Å². The molecule has 0 aliphatic rings. The number of aryl methyl sites for hydroxylation is 1. The van der Waals surface area contributed by atoms with Gasteiger partial charge in [0.25, 0.3) is 0 Å². The summed E-state index contributed by atoms with van der Waals surface area (Å²) >= 11 is 0. The first-order valence-corrected chi connectivity index (χ1v) is 9.25. The molecule has 2 rings (SSSR count). The Labute approximate surface area is 206 Å². The number of hydrogen-bond acceptors (Lipinski definition) is 0. The van der Waals surface area contributed by atoms with Gasteiger partial charge in [0.05, 0.1) is 6.42 Å². The second kappa shape index (κ2) is 10.3. The van der Waals surface area contributed by atoms with Gasteiger partial charge in [-0.1, -0.05) is 30.3 Å². The summed E-state index contributed by atoms with van der Waals surface area (Å²) in [6.07, 6.45) is -7.15. The largest absolute Gasteiger partial charge is 1.00 e. The fourth-order valence-corrected chi connectivity index (χ4v) is 2.82. The predicted octanol–water partition coefficient (Wildman–Crippen LogP) is 3.70. The fraction of sp³-hybridized carbons (Fsp3) is 0.450. The minimum atomic E-state index is -7.88. The van der Waals surface area contributed by atoms with Gasteiger partial charge in [-0.15, -0.1) is 0 Å². The van der Waals surface area contributed by atoms with Gasteiger partial charge in [0, 0.05) is 12.1 Å². The van der Waals surface area contributed by atoms with Gasteiger partial charge >= 0.3 is 35.8 Å². The Morgan fingerprint density at radius 3 is 1.43 bits per heavy atom. The van der Waals surface area contributed by atoms with Crippen molar-refractivity contribution in [3.8, 4) is 0 Å². The Morgan fingerprint density at radius 2 is 0.971 bits per heavy atom. The lowest BCUT2D eigenvalue weighted by Crippen LogP contribution is -3.00. The molecule has 1 aromatic carbocycles. The molecule has 198 valence electrons. The Hall–Kier alpha value is -1.81. The van der Waals surface area contributed by atoms with Crippen LogP contribution in [0.2, 0.25) is 0 Å². The maximum absolute atomic E-state index is 13.9. The average Bonchev–Trinajstić information content (AvgIpc) is 2.72. The minimum absolute atomic E-state index is 0. The van der Waals surface area contributed by atoms with Crippen LogP contribution >= 0.6 is 0 Å². The summed E-state index contributed by atoms with van der Waals surface area (Å²) in [5.74, 6) is -36.7. The van der Waals surface area contributed by atoms with E-state index in [2.05, 4.69) is 0 Å². The van der Waals surface area contributed by atoms with E-state index in [9.17, 15) is 57.1 Å². The monoisotopic (exact) mass is 643 g/mol. The van der Waals surface area contributed by atoms with Crippen LogP contribution in [-0.2, 0) is 13.0 Å². The van der Waals surface area contributed by atoms with Crippen LogP contribution in [0.3, 0.4) is 0 Å². The van der Waals surface area contributed by atoms with Crippen molar-refractivity contribution in [1.29, 1.82) is 0 Å². The van der Waals surface area contributed by atoms with E-state index < -0.39 is 48.8 Å². The normalized spacial score (nSPS) is 14.0. The molecule has 15 heteroatoms. The topological polar surface area (TPSA) is 3.88 Å². The molecule has 0 spiro atoms. The third kappa shape index (κ3) is 5.79. The first-order chi connectivity index (χ1) is 15.3. The van der Waals surface area contributed by atoms with Crippen LogP contribution in [0.25, 0.3) is 0 Å². The van der Waals surface area contributed by atoms with E-state index in [0.717, 1.165) is 22.5 Å². The van der Waals surface area contributed by atoms with Gasteiger partial charge < -0.3 is 24.0 Å². The molecule has 35 heavy (non-hydrogen) atoms. The Kier molecular flexibility index (Phi) is 9.17. The van der Waals surface area contributed by atoms with Gasteiger partial charge in [-0.2, -0.15) is 57.1 Å². The van der Waals surface area contributed by atoms with Crippen molar-refractivity contribution < 1.29 is 85.6 Å². The smallest absolute Gasteiger partial charge is 0.460 e. The van der Waals surface area contributed by atoms with Crippen molar-refractivity contribution in [2.75, 3.05) is 0 Å². The summed E-state index contributed by atoms with van der Waals surface area (Å²) in [4.78, 5) is 0. The van der Waals surface area contributed by atoms with E-state index in [1.807, 2.05) is 0 Å². The second-order valence-corrected chi connectivity index (χ2v) is 7.36. The lowest BCUT2D eigenvalue weighted by Gasteiger charge is -2.39. The van der Waals surface area contributed by atoms with Gasteiger partial charge in [-0.05, 0) is 17.5 Å². The lowest BCUT2D eigenvalue weighted by atomic mass is 9.92. The van der Waals surface area contributed by atoms with Gasteiger partial charge in [0.1, 0.15) is 0 Å². The van der Waals surface area contributed by atoms with Gasteiger partial charge in [-0.3, -0.25) is 0 Å². The van der Waals surface area contributed by atoms with E-state index in [1.54, 1.807) is 30.3 Å². The number of hydrogen-bond donors (Lipinski definition) is 0. The van der Waals surface area contributed by atoms with E-state index >= 15 is 0 Å². The molecule has 2 aromatic rings. The molecule has 0 atom stereocenters. The molecule has 1 nitrogen and oxygen atoms in total. The zero-order valence-corrected chi connectivity index (χ0v) is 19.2. The molecule has 0 aliphatic heterocycles. The summed E-state index contributed by atoms with van der Waals surface area (Å²) in [6.45, 7) is -1.18. The molecule has 0 amide bonds. The molecule has 0 radical (unpaired) electrons. The van der Waals surface area contributed by atoms with Crippen molar-refractivity contribution in [1.82, 2.24) is 0 Å². The Balaban J connectivity index is 0.00000612. The number of pyridine rings is 1. The third-order valence-electron chi connectivity index (χ3n) is 4.89. The van der Waals surface area contributed by atoms with E-state index in [1.165, 1.54) is 12.1 Å². The Bertz CT molecular complexity index is 957. The molecule has 0 saturated heterocycles. The van der Waals surface area contributed by atoms with Crippen molar-refractivity contribution in [2.24, 2.45) is 0 Å². The quantitative estimate of drug-likeness (QED) is 0.223. The molecule has 0 fully saturated rings. The van der Waals surface area contributed by atoms with Gasteiger partial charge in [0.15, 0.2) is 18.9 Å². The molecular weight excluding hydrogens is 628 g/mol. The molecule has 0 aliphatic carbocycles. The number of rotatable bonds is 9. The molecule has 0 bridgehead atoms. The summed E-state index contributed by atoms with van der Waals surface area (Å²) in [5, 5.41) is 0. The first kappa shape index (κ1) is 31.2. The number of aromatic nitrogens is 1. The summed E-state index contributed by atoms with van der Waals surface area (Å²) in [7, 11) is 0. The minimum Gasteiger partial charge on any atom is -1.00 e. The summed E-state index contributed by atoms with van der Waals surface area (Å²) in [5.41, 5.74) is 1.48. The van der Waals surface area contributed by atoms with Crippen molar-refractivity contribution in [2.45, 2.75) is 55.2 Å². The van der Waals surface area contributed by atoms with Crippen LogP contribution in [0.5, 0.6) is 0 Å². The highest BCUT2D eigenvalue weighted by Crippen LogP contribution is 2.60. The fourth-order valence-electron chi connectivity index (χ4n) is 2.82. The number of alkyl halides is 13. The van der Waals surface area contributed by atoms with Gasteiger partial charge in [0.2, 0.25) is 0 Å². The average molecular weight is 643 g/mol. The third-order valence-corrected chi connectivity index (χ3v) is 4.89. The second-order valence-electron chi connectivity index (χ2n) is 7.36. The predicted molar refractivity (Wildman–Crippen MR) is 91.3 cm³/mol. The van der Waals surface area contributed by atoms with Crippen LogP contribution in [-0.4, -0.2) is 35.8 Å². The molecule has 0 N–H and O–H groups in total. The van der Waals surface area contributed by atoms with Crippen LogP contribution in [0.1, 0.15) is 17.5 Å². The Morgan fingerprint density at radius 1 is 0.543 bits per heavy atom. The van der Waals surface area contributed by atoms with Crippen LogP contribution in [0, 0.1) is 0 Å². The first-order valence-electron chi connectivity index (χ1n) is 9.25. The van der Waals surface area contributed by atoms with Crippen molar-refractivity contribution >= 4 is 0 Å². The summed E-state index contributed by atoms with van der Waals surface area (Å²) < 4.78 is 171. The highest BCUT2D eigenvalue weighted by atomic mass is 127. The highest BCUT2D eigenvalue weighted by Gasteiger charge is 2.90. The van der Waals surface area contributed by atoms with E-state index in [-0.39, 0.29) is 24.0 Å². The van der Waals surface area contributed by atoms with Gasteiger partial charge in [-0.25, -0.2) is 4.57 Å². The molecule has 1 aromatic heterocycles. The summed E-state index contributed by atoms with van der Waals surface area (Å²) in [6, 6.07) is 11.5. The van der Waals surface area contributed by atoms with Crippen LogP contribution in [0.15, 0.2) is 54.9 Å². The lowest BCUT2D eigenvalue weighted by molar-refractivity contribution is -0.700. The molecule has 0 saturated carbocycles. The van der Waals surface area contributed by atoms with E-state index in [4.69, 9.17) is 0 Å².